The number of nitrogens with one attached hydrogen (secondary N) is 4. The lowest BCUT2D eigenvalue weighted by molar-refractivity contribution is -0.135. The number of rotatable bonds is 24. The molecule has 0 unspecified atom stereocenters. The van der Waals surface area contributed by atoms with Gasteiger partial charge in [0.05, 0.1) is 169 Å². The molecule has 124 heavy (non-hydrogen) atoms. The number of aromatic nitrogens is 16. The Kier molecular flexibility index (Phi) is 33.3. The summed E-state index contributed by atoms with van der Waals surface area (Å²) in [7, 11) is 0. The van der Waals surface area contributed by atoms with Crippen molar-refractivity contribution in [3.8, 4) is 23.0 Å². The molecule has 8 aliphatic rings. The molecule has 8 atom stereocenters. The Morgan fingerprint density at radius 2 is 0.460 bits per heavy atom. The van der Waals surface area contributed by atoms with Gasteiger partial charge in [-0.05, 0) is 51.4 Å². The van der Waals surface area contributed by atoms with Crippen LogP contribution in [-0.2, 0) is 38.1 Å². The van der Waals surface area contributed by atoms with Crippen LogP contribution in [0.5, 0.6) is 23.0 Å². The summed E-state index contributed by atoms with van der Waals surface area (Å²) in [6, 6.07) is 0. The minimum absolute atomic E-state index is 0.0390. The monoisotopic (exact) mass is 1870 g/mol. The molecule has 0 spiro atoms. The molecule has 0 radical (unpaired) electrons. The Bertz CT molecular complexity index is 4490. The number of carbonyl (C=O) groups excluding carboxylic acids is 4. The lowest BCUT2D eigenvalue weighted by Crippen LogP contribution is -2.49. The van der Waals surface area contributed by atoms with Crippen LogP contribution >= 0.6 is 92.8 Å². The van der Waals surface area contributed by atoms with Crippen LogP contribution in [0.25, 0.3) is 0 Å². The summed E-state index contributed by atoms with van der Waals surface area (Å²) in [6.45, 7) is 11.2. The fourth-order valence-electron chi connectivity index (χ4n) is 14.6. The zero-order valence-corrected chi connectivity index (χ0v) is 72.7. The van der Waals surface area contributed by atoms with E-state index in [1.165, 1.54) is 24.8 Å². The summed E-state index contributed by atoms with van der Waals surface area (Å²) in [6.07, 6.45) is 24.3. The highest BCUT2D eigenvalue weighted by Crippen LogP contribution is 2.32. The van der Waals surface area contributed by atoms with Crippen molar-refractivity contribution in [3.05, 3.63) is 156 Å². The Labute approximate surface area is 748 Å². The van der Waals surface area contributed by atoms with E-state index in [0.717, 1.165) is 51.4 Å². The number of nitrogens with zero attached hydrogens (tertiary/aromatic N) is 20. The Morgan fingerprint density at radius 1 is 0.282 bits per heavy atom. The third-order valence-corrected chi connectivity index (χ3v) is 23.4. The van der Waals surface area contributed by atoms with Crippen molar-refractivity contribution >= 4 is 140 Å². The van der Waals surface area contributed by atoms with Gasteiger partial charge in [-0.25, -0.2) is 60.3 Å². The molecule has 0 aromatic carbocycles. The largest absolute Gasteiger partial charge is 0.487 e. The van der Waals surface area contributed by atoms with Crippen molar-refractivity contribution in [1.29, 1.82) is 0 Å². The number of anilines is 4. The van der Waals surface area contributed by atoms with Gasteiger partial charge in [0.25, 0.3) is 22.2 Å². The fraction of sp³-hybridized carbons (Fsp3) is 0.526. The maximum atomic E-state index is 12.7. The predicted octanol–water partition coefficient (Wildman–Crippen LogP) is 6.13. The zero-order valence-electron chi connectivity index (χ0n) is 66.7. The van der Waals surface area contributed by atoms with Gasteiger partial charge in [-0.15, -0.1) is 0 Å². The van der Waals surface area contributed by atoms with Crippen molar-refractivity contribution in [1.82, 2.24) is 100 Å². The number of hydrogen-bond acceptors (Lipinski definition) is 32. The molecular formula is C76H88Cl8N24O16. The first-order valence-corrected chi connectivity index (χ1v) is 43.1. The molecule has 8 aliphatic heterocycles. The van der Waals surface area contributed by atoms with Crippen molar-refractivity contribution in [2.75, 3.05) is 151 Å². The summed E-state index contributed by atoms with van der Waals surface area (Å²) in [5.74, 6) is 3.65. The molecule has 16 heterocycles. The highest BCUT2D eigenvalue weighted by molar-refractivity contribution is 6.33. The topological polar surface area (TPSA) is 454 Å². The summed E-state index contributed by atoms with van der Waals surface area (Å²) in [5, 5.41) is 25.4. The summed E-state index contributed by atoms with van der Waals surface area (Å²) >= 11 is 46.9. The van der Waals surface area contributed by atoms with E-state index >= 15 is 0 Å². The van der Waals surface area contributed by atoms with Gasteiger partial charge in [0.2, 0.25) is 47.4 Å². The van der Waals surface area contributed by atoms with Crippen LogP contribution in [0.15, 0.2) is 93.5 Å². The molecule has 48 heteroatoms. The van der Waals surface area contributed by atoms with E-state index in [-0.39, 0.29) is 142 Å². The van der Waals surface area contributed by atoms with Gasteiger partial charge in [-0.3, -0.25) is 38.4 Å². The number of hydrogen-bond donors (Lipinski definition) is 4. The number of aromatic amines is 4. The Morgan fingerprint density at radius 3 is 0.645 bits per heavy atom. The third kappa shape index (κ3) is 26.2. The highest BCUT2D eigenvalue weighted by atomic mass is 35.5. The van der Waals surface area contributed by atoms with Gasteiger partial charge in [-0.2, -0.15) is 20.4 Å². The van der Waals surface area contributed by atoms with Crippen LogP contribution in [0, 0.1) is 0 Å². The summed E-state index contributed by atoms with van der Waals surface area (Å²) in [4.78, 5) is 146. The smallest absolute Gasteiger partial charge is 0.286 e. The first kappa shape index (κ1) is 92.0. The molecule has 16 rings (SSSR count). The van der Waals surface area contributed by atoms with Gasteiger partial charge in [0.15, 0.2) is 43.1 Å². The van der Waals surface area contributed by atoms with Crippen molar-refractivity contribution in [3.63, 3.8) is 0 Å². The molecule has 8 saturated heterocycles. The van der Waals surface area contributed by atoms with E-state index < -0.39 is 22.2 Å². The van der Waals surface area contributed by atoms with E-state index in [1.54, 1.807) is 49.6 Å². The van der Waals surface area contributed by atoms with Gasteiger partial charge >= 0.3 is 0 Å². The summed E-state index contributed by atoms with van der Waals surface area (Å²) in [5.41, 5.74) is -2.01. The number of halogens is 8. The first-order valence-electron chi connectivity index (χ1n) is 40.0. The van der Waals surface area contributed by atoms with E-state index in [1.807, 2.05) is 39.2 Å². The van der Waals surface area contributed by atoms with E-state index in [2.05, 4.69) is 80.7 Å². The fourth-order valence-corrected chi connectivity index (χ4v) is 15.6. The maximum absolute atomic E-state index is 12.7. The molecule has 8 aromatic rings. The van der Waals surface area contributed by atoms with Crippen LogP contribution in [0.2, 0.25) is 40.2 Å². The Hall–Kier alpha value is -9.72. The molecular weight excluding hydrogens is 1790 g/mol. The number of carbonyl (C=O) groups is 4. The van der Waals surface area contributed by atoms with Crippen LogP contribution in [0.1, 0.15) is 77.0 Å². The molecule has 8 aromatic heterocycles. The number of H-pyrrole nitrogens is 4. The van der Waals surface area contributed by atoms with Crippen molar-refractivity contribution in [2.24, 2.45) is 0 Å². The molecule has 40 nitrogen and oxygen atoms in total. The number of piperazine rings is 4. The van der Waals surface area contributed by atoms with Crippen LogP contribution in [-0.4, -0.2) is 304 Å². The van der Waals surface area contributed by atoms with Gasteiger partial charge in [0.1, 0.15) is 26.4 Å². The highest BCUT2D eigenvalue weighted by Gasteiger charge is 2.37. The molecule has 0 saturated carbocycles. The molecule has 0 bridgehead atoms. The van der Waals surface area contributed by atoms with Crippen LogP contribution in [0.4, 0.5) is 23.8 Å². The second-order valence-electron chi connectivity index (χ2n) is 29.7. The first-order chi connectivity index (χ1) is 60.0. The van der Waals surface area contributed by atoms with Crippen LogP contribution in [0.3, 0.4) is 0 Å². The molecule has 0 aliphatic carbocycles. The standard InChI is InChI=1S/4C19H22Cl2N6O4/c4*20-12-8-22-19(23-9-12)27-5-3-26(4-6-27)16(28)7-13-1-2-14(31-13)11-30-15-10-24-25-18(29)17(15)21/h4*8-10,13-14H,1-7,11H2,(H,25,29)/t2*13-,14+;2*13-,14-/m1010/s1. The lowest BCUT2D eigenvalue weighted by Gasteiger charge is -2.35. The minimum atomic E-state index is -0.502. The quantitative estimate of drug-likeness (QED) is 0.0528. The molecule has 4 amide bonds. The lowest BCUT2D eigenvalue weighted by atomic mass is 10.1. The van der Waals surface area contributed by atoms with E-state index in [0.29, 0.717) is 174 Å². The van der Waals surface area contributed by atoms with Crippen molar-refractivity contribution in [2.45, 2.75) is 126 Å². The molecule has 4 N–H and O–H groups in total. The average Bonchev–Trinajstić information content (AvgIpc) is 1.59. The molecule has 8 fully saturated rings. The molecule has 664 valence electrons. The van der Waals surface area contributed by atoms with Crippen LogP contribution < -0.4 is 60.8 Å². The maximum Gasteiger partial charge on any atom is 0.286 e. The second kappa shape index (κ2) is 44.9. The predicted molar refractivity (Wildman–Crippen MR) is 455 cm³/mol. The summed E-state index contributed by atoms with van der Waals surface area (Å²) < 4.78 is 46.1. The Balaban J connectivity index is 0.000000142. The average molecular weight is 1880 g/mol. The van der Waals surface area contributed by atoms with Crippen molar-refractivity contribution < 1.29 is 57.1 Å². The van der Waals surface area contributed by atoms with Gasteiger partial charge in [-0.1, -0.05) is 92.8 Å². The second-order valence-corrected chi connectivity index (χ2v) is 32.9. The normalized spacial score (nSPS) is 21.4. The SMILES string of the molecule is O=C(C[C@@H]1CC[C@@H](COc2cn[nH]c(=O)c2Cl)O1)N1CCN(c2ncc(Cl)cn2)CC1.O=C(C[C@@H]1CC[C@H](COc2cn[nH]c(=O)c2Cl)O1)N1CCN(c2ncc(Cl)cn2)CC1.O=C(C[C@H]1CC[C@@H](COc2cn[nH]c(=O)c2Cl)O1)N1CCN(c2ncc(Cl)cn2)CC1.O=C(C[C@H]1CC[C@H](COc2cn[nH]c(=O)c2Cl)O1)N1CCN(c2ncc(Cl)cn2)CC1. The number of amides is 4. The number of ether oxygens (including phenoxy) is 8. The van der Waals surface area contributed by atoms with E-state index in [9.17, 15) is 38.4 Å². The zero-order chi connectivity index (χ0) is 87.2. The van der Waals surface area contributed by atoms with Gasteiger partial charge < -0.3 is 77.1 Å². The third-order valence-electron chi connectivity index (χ3n) is 21.2. The minimum Gasteiger partial charge on any atom is -0.487 e. The van der Waals surface area contributed by atoms with E-state index in [4.69, 9.17) is 131 Å². The van der Waals surface area contributed by atoms with Gasteiger partial charge in [0, 0.05) is 105 Å².